The molecule has 1 aromatic rings. The van der Waals surface area contributed by atoms with E-state index in [1.807, 2.05) is 35.2 Å². The van der Waals surface area contributed by atoms with Crippen LogP contribution < -0.4 is 16.0 Å². The SMILES string of the molecule is Cl.Cl.Cl.O=C(O)C(COCc1ccccc1)N1CCNCCNCCNCC1. The number of carboxylic acid groups (broad SMARTS) is 1. The predicted octanol–water partition coefficient (Wildman–Crippen LogP) is 1.01. The predicted molar refractivity (Wildman–Crippen MR) is 119 cm³/mol. The summed E-state index contributed by atoms with van der Waals surface area (Å²) in [6, 6.07) is 9.19. The molecule has 0 aliphatic carbocycles. The van der Waals surface area contributed by atoms with Crippen molar-refractivity contribution in [3.8, 4) is 0 Å². The van der Waals surface area contributed by atoms with Gasteiger partial charge < -0.3 is 25.8 Å². The standard InChI is InChI=1S/C18H30N4O3.3ClH/c23-18(24)17(15-25-14-16-4-2-1-3-5-16)22-12-10-20-8-6-19-7-9-21-11-13-22;;;/h1-5,17,19-21H,6-15H2,(H,23,24);3*1H. The fourth-order valence-electron chi connectivity index (χ4n) is 2.79. The zero-order chi connectivity index (χ0) is 17.7. The average Bonchev–Trinajstić information content (AvgIpc) is 2.60. The lowest BCUT2D eigenvalue weighted by Crippen LogP contribution is -2.50. The number of ether oxygens (including phenoxy) is 1. The number of hydrogen-bond donors (Lipinski definition) is 4. The molecule has 0 bridgehead atoms. The van der Waals surface area contributed by atoms with Gasteiger partial charge in [-0.25, -0.2) is 0 Å². The fraction of sp³-hybridized carbons (Fsp3) is 0.611. The van der Waals surface area contributed by atoms with Gasteiger partial charge in [-0.2, -0.15) is 0 Å². The number of nitrogens with zero attached hydrogens (tertiary/aromatic N) is 1. The second-order valence-electron chi connectivity index (χ2n) is 6.14. The minimum atomic E-state index is -0.832. The van der Waals surface area contributed by atoms with Crippen LogP contribution in [0.2, 0.25) is 0 Å². The summed E-state index contributed by atoms with van der Waals surface area (Å²) in [6.45, 7) is 7.14. The summed E-state index contributed by atoms with van der Waals surface area (Å²) in [5.41, 5.74) is 1.05. The Hall–Kier alpha value is -0.640. The molecule has 0 aromatic heterocycles. The van der Waals surface area contributed by atoms with Crippen molar-refractivity contribution in [3.05, 3.63) is 35.9 Å². The minimum Gasteiger partial charge on any atom is -0.480 e. The van der Waals surface area contributed by atoms with Gasteiger partial charge in [-0.3, -0.25) is 9.69 Å². The molecule has 1 unspecified atom stereocenters. The topological polar surface area (TPSA) is 85.9 Å². The highest BCUT2D eigenvalue weighted by Gasteiger charge is 2.25. The lowest BCUT2D eigenvalue weighted by atomic mass is 10.2. The molecule has 7 nitrogen and oxygen atoms in total. The number of carboxylic acids is 1. The van der Waals surface area contributed by atoms with Gasteiger partial charge in [-0.05, 0) is 5.56 Å². The summed E-state index contributed by atoms with van der Waals surface area (Å²) in [6.07, 6.45) is 0. The molecule has 4 N–H and O–H groups in total. The Morgan fingerprint density at radius 2 is 1.43 bits per heavy atom. The van der Waals surface area contributed by atoms with Crippen molar-refractivity contribution in [2.75, 3.05) is 59.0 Å². The van der Waals surface area contributed by atoms with Crippen LogP contribution in [0.5, 0.6) is 0 Å². The largest absolute Gasteiger partial charge is 0.480 e. The molecule has 1 atom stereocenters. The van der Waals surface area contributed by atoms with E-state index in [0.29, 0.717) is 19.7 Å². The monoisotopic (exact) mass is 458 g/mol. The Morgan fingerprint density at radius 1 is 0.929 bits per heavy atom. The zero-order valence-corrected chi connectivity index (χ0v) is 18.4. The van der Waals surface area contributed by atoms with E-state index in [0.717, 1.165) is 44.8 Å². The summed E-state index contributed by atoms with van der Waals surface area (Å²) >= 11 is 0. The zero-order valence-electron chi connectivity index (χ0n) is 16.0. The highest BCUT2D eigenvalue weighted by molar-refractivity contribution is 5.86. The summed E-state index contributed by atoms with van der Waals surface area (Å²) in [7, 11) is 0. The van der Waals surface area contributed by atoms with Crippen LogP contribution in [0.15, 0.2) is 30.3 Å². The van der Waals surface area contributed by atoms with E-state index in [1.165, 1.54) is 0 Å². The van der Waals surface area contributed by atoms with Crippen molar-refractivity contribution < 1.29 is 14.6 Å². The molecule has 0 saturated carbocycles. The Morgan fingerprint density at radius 3 is 1.93 bits per heavy atom. The summed E-state index contributed by atoms with van der Waals surface area (Å²) < 4.78 is 5.70. The second kappa shape index (κ2) is 18.4. The fourth-order valence-corrected chi connectivity index (χ4v) is 2.79. The molecule has 1 fully saturated rings. The van der Waals surface area contributed by atoms with E-state index in [9.17, 15) is 9.90 Å². The molecule has 1 saturated heterocycles. The molecule has 1 aliphatic heterocycles. The van der Waals surface area contributed by atoms with Crippen LogP contribution in [0.3, 0.4) is 0 Å². The maximum atomic E-state index is 11.7. The molecule has 164 valence electrons. The second-order valence-corrected chi connectivity index (χ2v) is 6.14. The first-order valence-corrected chi connectivity index (χ1v) is 8.98. The summed E-state index contributed by atoms with van der Waals surface area (Å²) in [5.74, 6) is -0.832. The van der Waals surface area contributed by atoms with Gasteiger partial charge in [0.15, 0.2) is 0 Å². The van der Waals surface area contributed by atoms with Crippen LogP contribution >= 0.6 is 37.2 Å². The van der Waals surface area contributed by atoms with Crippen molar-refractivity contribution in [1.82, 2.24) is 20.9 Å². The summed E-state index contributed by atoms with van der Waals surface area (Å²) in [4.78, 5) is 13.7. The highest BCUT2D eigenvalue weighted by Crippen LogP contribution is 2.05. The molecular weight excluding hydrogens is 427 g/mol. The van der Waals surface area contributed by atoms with E-state index in [-0.39, 0.29) is 43.8 Å². The quantitative estimate of drug-likeness (QED) is 0.505. The molecule has 0 spiro atoms. The summed E-state index contributed by atoms with van der Waals surface area (Å²) in [5, 5.41) is 19.7. The molecule has 2 rings (SSSR count). The number of carbonyl (C=O) groups is 1. The molecule has 10 heteroatoms. The van der Waals surface area contributed by atoms with Gasteiger partial charge in [-0.1, -0.05) is 30.3 Å². The third-order valence-electron chi connectivity index (χ3n) is 4.22. The maximum Gasteiger partial charge on any atom is 0.323 e. The third-order valence-corrected chi connectivity index (χ3v) is 4.22. The molecule has 0 radical (unpaired) electrons. The van der Waals surface area contributed by atoms with Crippen molar-refractivity contribution in [3.63, 3.8) is 0 Å². The van der Waals surface area contributed by atoms with Gasteiger partial charge in [0.1, 0.15) is 6.04 Å². The van der Waals surface area contributed by atoms with E-state index >= 15 is 0 Å². The van der Waals surface area contributed by atoms with Crippen molar-refractivity contribution >= 4 is 43.2 Å². The van der Waals surface area contributed by atoms with Gasteiger partial charge in [-0.15, -0.1) is 37.2 Å². The Balaban J connectivity index is 0. The molecule has 1 heterocycles. The van der Waals surface area contributed by atoms with Gasteiger partial charge >= 0.3 is 5.97 Å². The van der Waals surface area contributed by atoms with Crippen LogP contribution in [0, 0.1) is 0 Å². The number of hydrogen-bond acceptors (Lipinski definition) is 6. The van der Waals surface area contributed by atoms with Crippen LogP contribution in [-0.2, 0) is 16.1 Å². The number of rotatable bonds is 6. The van der Waals surface area contributed by atoms with Gasteiger partial charge in [0.05, 0.1) is 13.2 Å². The molecular formula is C18H33Cl3N4O3. The Bertz CT molecular complexity index is 488. The van der Waals surface area contributed by atoms with Crippen LogP contribution in [0.25, 0.3) is 0 Å². The molecule has 1 aromatic carbocycles. The maximum absolute atomic E-state index is 11.7. The molecule has 1 aliphatic rings. The Kier molecular flexibility index (Phi) is 19.4. The number of benzene rings is 1. The lowest BCUT2D eigenvalue weighted by Gasteiger charge is -2.29. The molecule has 28 heavy (non-hydrogen) atoms. The normalized spacial score (nSPS) is 17.4. The first kappa shape index (κ1) is 29.6. The van der Waals surface area contributed by atoms with E-state index in [1.54, 1.807) is 0 Å². The lowest BCUT2D eigenvalue weighted by molar-refractivity contribution is -0.146. The van der Waals surface area contributed by atoms with Crippen LogP contribution in [-0.4, -0.2) is 81.0 Å². The van der Waals surface area contributed by atoms with Gasteiger partial charge in [0, 0.05) is 52.4 Å². The van der Waals surface area contributed by atoms with Crippen molar-refractivity contribution in [2.45, 2.75) is 12.6 Å². The first-order valence-electron chi connectivity index (χ1n) is 8.98. The van der Waals surface area contributed by atoms with E-state index in [4.69, 9.17) is 4.74 Å². The first-order chi connectivity index (χ1) is 12.3. The van der Waals surface area contributed by atoms with Gasteiger partial charge in [0.2, 0.25) is 0 Å². The van der Waals surface area contributed by atoms with E-state index < -0.39 is 12.0 Å². The smallest absolute Gasteiger partial charge is 0.323 e. The molecule has 0 amide bonds. The third kappa shape index (κ3) is 12.0. The Labute approximate surface area is 186 Å². The van der Waals surface area contributed by atoms with Crippen molar-refractivity contribution in [2.24, 2.45) is 0 Å². The highest BCUT2D eigenvalue weighted by atomic mass is 35.5. The number of aliphatic carboxylic acids is 1. The van der Waals surface area contributed by atoms with Crippen LogP contribution in [0.4, 0.5) is 0 Å². The average molecular weight is 460 g/mol. The minimum absolute atomic E-state index is 0. The number of nitrogens with one attached hydrogen (secondary N) is 3. The van der Waals surface area contributed by atoms with Crippen molar-refractivity contribution in [1.29, 1.82) is 0 Å². The van der Waals surface area contributed by atoms with Gasteiger partial charge in [0.25, 0.3) is 0 Å². The van der Waals surface area contributed by atoms with Crippen LogP contribution in [0.1, 0.15) is 5.56 Å². The van der Waals surface area contributed by atoms with E-state index in [2.05, 4.69) is 16.0 Å². The number of halogens is 3.